The molecule has 1 rings (SSSR count). The van der Waals surface area contributed by atoms with E-state index in [9.17, 15) is 4.79 Å². The van der Waals surface area contributed by atoms with Crippen LogP contribution in [0.1, 0.15) is 10.4 Å². The van der Waals surface area contributed by atoms with Crippen molar-refractivity contribution in [3.63, 3.8) is 0 Å². The lowest BCUT2D eigenvalue weighted by molar-refractivity contribution is -0.107. The fourth-order valence-electron chi connectivity index (χ4n) is 0.933. The van der Waals surface area contributed by atoms with Crippen LogP contribution in [0.25, 0.3) is 0 Å². The van der Waals surface area contributed by atoms with E-state index in [0.29, 0.717) is 5.02 Å². The first-order valence-electron chi connectivity index (χ1n) is 3.62. The maximum Gasteiger partial charge on any atom is 0.138 e. The highest BCUT2D eigenvalue weighted by Crippen LogP contribution is 2.30. The lowest BCUT2D eigenvalue weighted by Gasteiger charge is -2.05. The van der Waals surface area contributed by atoms with Crippen molar-refractivity contribution < 1.29 is 4.79 Å². The molecule has 0 saturated carbocycles. The SMILES string of the molecule is CSc1ccc(C(Br)C=O)cc1Cl. The highest BCUT2D eigenvalue weighted by atomic mass is 79.9. The molecule has 0 fully saturated rings. The summed E-state index contributed by atoms with van der Waals surface area (Å²) in [5, 5.41) is 0.691. The van der Waals surface area contributed by atoms with Gasteiger partial charge in [-0.1, -0.05) is 33.6 Å². The first kappa shape index (κ1) is 11.1. The molecule has 0 N–H and O–H groups in total. The first-order chi connectivity index (χ1) is 6.19. The maximum atomic E-state index is 10.5. The summed E-state index contributed by atoms with van der Waals surface area (Å²) in [5.74, 6) is 0. The monoisotopic (exact) mass is 278 g/mol. The predicted octanol–water partition coefficient (Wildman–Crippen LogP) is 3.70. The van der Waals surface area contributed by atoms with Crippen LogP contribution in [0.5, 0.6) is 0 Å². The second kappa shape index (κ2) is 5.03. The van der Waals surface area contributed by atoms with E-state index in [2.05, 4.69) is 15.9 Å². The number of rotatable bonds is 3. The van der Waals surface area contributed by atoms with Gasteiger partial charge in [0, 0.05) is 4.90 Å². The number of hydrogen-bond donors (Lipinski definition) is 0. The zero-order valence-corrected chi connectivity index (χ0v) is 10.1. The Morgan fingerprint density at radius 1 is 1.62 bits per heavy atom. The first-order valence-corrected chi connectivity index (χ1v) is 6.13. The number of carbonyl (C=O) groups excluding carboxylic acids is 1. The van der Waals surface area contributed by atoms with Gasteiger partial charge in [-0.15, -0.1) is 11.8 Å². The Balaban J connectivity index is 3.02. The van der Waals surface area contributed by atoms with Crippen LogP contribution in [0.2, 0.25) is 5.02 Å². The summed E-state index contributed by atoms with van der Waals surface area (Å²) in [6.07, 6.45) is 2.80. The van der Waals surface area contributed by atoms with Crippen molar-refractivity contribution in [3.8, 4) is 0 Å². The van der Waals surface area contributed by atoms with Gasteiger partial charge in [0.2, 0.25) is 0 Å². The van der Waals surface area contributed by atoms with E-state index in [1.165, 1.54) is 0 Å². The van der Waals surface area contributed by atoms with Crippen LogP contribution in [-0.4, -0.2) is 12.5 Å². The number of thioether (sulfide) groups is 1. The van der Waals surface area contributed by atoms with Crippen molar-refractivity contribution in [2.45, 2.75) is 9.72 Å². The number of alkyl halides is 1. The molecule has 1 unspecified atom stereocenters. The lowest BCUT2D eigenvalue weighted by Crippen LogP contribution is -1.90. The van der Waals surface area contributed by atoms with Crippen LogP contribution in [0, 0.1) is 0 Å². The molecular formula is C9H8BrClOS. The Hall–Kier alpha value is 0.01000. The van der Waals surface area contributed by atoms with E-state index in [1.54, 1.807) is 17.8 Å². The number of halogens is 2. The molecule has 4 heteroatoms. The molecule has 0 aliphatic rings. The Bertz CT molecular complexity index is 316. The second-order valence-electron chi connectivity index (χ2n) is 2.43. The number of carbonyl (C=O) groups is 1. The van der Waals surface area contributed by atoms with Gasteiger partial charge in [0.05, 0.1) is 9.85 Å². The molecule has 1 aromatic carbocycles. The van der Waals surface area contributed by atoms with Gasteiger partial charge in [0.25, 0.3) is 0 Å². The minimum absolute atomic E-state index is 0.263. The molecule has 0 heterocycles. The van der Waals surface area contributed by atoms with Crippen LogP contribution in [-0.2, 0) is 4.79 Å². The zero-order chi connectivity index (χ0) is 9.84. The quantitative estimate of drug-likeness (QED) is 0.477. The highest BCUT2D eigenvalue weighted by Gasteiger charge is 2.07. The molecule has 0 saturated heterocycles. The van der Waals surface area contributed by atoms with Crippen LogP contribution >= 0.6 is 39.3 Å². The molecule has 0 amide bonds. The van der Waals surface area contributed by atoms with Gasteiger partial charge in [-0.2, -0.15) is 0 Å². The summed E-state index contributed by atoms with van der Waals surface area (Å²) in [6, 6.07) is 5.62. The Morgan fingerprint density at radius 2 is 2.31 bits per heavy atom. The molecule has 0 spiro atoms. The van der Waals surface area contributed by atoms with Crippen molar-refractivity contribution in [2.24, 2.45) is 0 Å². The predicted molar refractivity (Wildman–Crippen MR) is 61.0 cm³/mol. The summed E-state index contributed by atoms with van der Waals surface area (Å²) in [7, 11) is 0. The third-order valence-corrected chi connectivity index (χ3v) is 3.58. The normalized spacial score (nSPS) is 12.5. The summed E-state index contributed by atoms with van der Waals surface area (Å²) < 4.78 is 0. The van der Waals surface area contributed by atoms with Crippen molar-refractivity contribution in [2.75, 3.05) is 6.26 Å². The second-order valence-corrected chi connectivity index (χ2v) is 4.67. The van der Waals surface area contributed by atoms with E-state index in [0.717, 1.165) is 16.7 Å². The topological polar surface area (TPSA) is 17.1 Å². The van der Waals surface area contributed by atoms with Gasteiger partial charge < -0.3 is 4.79 Å². The largest absolute Gasteiger partial charge is 0.302 e. The van der Waals surface area contributed by atoms with Crippen molar-refractivity contribution in [1.29, 1.82) is 0 Å². The fraction of sp³-hybridized carbons (Fsp3) is 0.222. The van der Waals surface area contributed by atoms with Gasteiger partial charge >= 0.3 is 0 Å². The lowest BCUT2D eigenvalue weighted by atomic mass is 10.2. The molecule has 0 radical (unpaired) electrons. The molecule has 0 aliphatic heterocycles. The van der Waals surface area contributed by atoms with Crippen LogP contribution in [0.15, 0.2) is 23.1 Å². The Labute approximate surface area is 95.0 Å². The van der Waals surface area contributed by atoms with E-state index in [4.69, 9.17) is 11.6 Å². The van der Waals surface area contributed by atoms with Gasteiger partial charge in [-0.25, -0.2) is 0 Å². The molecule has 0 aliphatic carbocycles. The average molecular weight is 280 g/mol. The van der Waals surface area contributed by atoms with Crippen LogP contribution < -0.4 is 0 Å². The highest BCUT2D eigenvalue weighted by molar-refractivity contribution is 9.09. The summed E-state index contributed by atoms with van der Waals surface area (Å²) >= 11 is 10.8. The van der Waals surface area contributed by atoms with Crippen molar-refractivity contribution in [1.82, 2.24) is 0 Å². The van der Waals surface area contributed by atoms with Gasteiger partial charge in [0.15, 0.2) is 0 Å². The smallest absolute Gasteiger partial charge is 0.138 e. The van der Waals surface area contributed by atoms with Gasteiger partial charge in [0.1, 0.15) is 6.29 Å². The van der Waals surface area contributed by atoms with Gasteiger partial charge in [-0.3, -0.25) is 0 Å². The maximum absolute atomic E-state index is 10.5. The molecule has 1 aromatic rings. The van der Waals surface area contributed by atoms with E-state index in [-0.39, 0.29) is 4.83 Å². The molecule has 70 valence electrons. The molecule has 0 aromatic heterocycles. The zero-order valence-electron chi connectivity index (χ0n) is 6.96. The molecule has 1 nitrogen and oxygen atoms in total. The summed E-state index contributed by atoms with van der Waals surface area (Å²) in [5.41, 5.74) is 0.887. The molecule has 1 atom stereocenters. The Kier molecular flexibility index (Phi) is 4.29. The third-order valence-electron chi connectivity index (χ3n) is 1.61. The number of aldehydes is 1. The van der Waals surface area contributed by atoms with Crippen LogP contribution in [0.3, 0.4) is 0 Å². The standard InChI is InChI=1S/C9H8BrClOS/c1-13-9-3-2-6(4-8(9)11)7(10)5-12/h2-5,7H,1H3. The number of hydrogen-bond acceptors (Lipinski definition) is 2. The summed E-state index contributed by atoms with van der Waals surface area (Å²) in [6.45, 7) is 0. The summed E-state index contributed by atoms with van der Waals surface area (Å²) in [4.78, 5) is 11.2. The minimum atomic E-state index is -0.263. The average Bonchev–Trinajstić information content (AvgIpc) is 2.16. The molecular weight excluding hydrogens is 272 g/mol. The molecule has 0 bridgehead atoms. The van der Waals surface area contributed by atoms with E-state index < -0.39 is 0 Å². The Morgan fingerprint density at radius 3 is 2.77 bits per heavy atom. The van der Waals surface area contributed by atoms with E-state index >= 15 is 0 Å². The van der Waals surface area contributed by atoms with Crippen molar-refractivity contribution in [3.05, 3.63) is 28.8 Å². The van der Waals surface area contributed by atoms with Crippen molar-refractivity contribution >= 4 is 45.6 Å². The van der Waals surface area contributed by atoms with Crippen LogP contribution in [0.4, 0.5) is 0 Å². The fourth-order valence-corrected chi connectivity index (χ4v) is 2.10. The third kappa shape index (κ3) is 2.73. The van der Waals surface area contributed by atoms with E-state index in [1.807, 2.05) is 18.4 Å². The minimum Gasteiger partial charge on any atom is -0.302 e. The number of benzene rings is 1. The van der Waals surface area contributed by atoms with Gasteiger partial charge in [-0.05, 0) is 24.0 Å². The molecule has 13 heavy (non-hydrogen) atoms.